The Balaban J connectivity index is 1.58. The molecule has 2 atom stereocenters. The van der Waals surface area contributed by atoms with E-state index in [4.69, 9.17) is 9.73 Å². The molecule has 1 aromatic heterocycles. The maximum Gasteiger partial charge on any atom is 0.269 e. The minimum atomic E-state index is -0.395. The average molecular weight is 429 g/mol. The predicted molar refractivity (Wildman–Crippen MR) is 120 cm³/mol. The second-order valence-corrected chi connectivity index (χ2v) is 8.00. The molecule has 1 aliphatic heterocycles. The van der Waals surface area contributed by atoms with Gasteiger partial charge in [-0.2, -0.15) is 5.10 Å². The van der Waals surface area contributed by atoms with Crippen LogP contribution in [0.25, 0.3) is 0 Å². The molecule has 1 aromatic carbocycles. The Bertz CT molecular complexity index is 887. The number of nitro groups is 1. The molecular weight excluding hydrogens is 396 g/mol. The van der Waals surface area contributed by atoms with Gasteiger partial charge >= 0.3 is 0 Å². The van der Waals surface area contributed by atoms with Crippen LogP contribution in [0.3, 0.4) is 0 Å². The molecule has 2 N–H and O–H groups in total. The number of non-ortho nitro benzene ring substituents is 1. The van der Waals surface area contributed by atoms with E-state index in [0.29, 0.717) is 6.54 Å². The standard InChI is InChI=1S/C22H32N6O3/c1-16-14-17(2)27(26-16)12-5-11-23-22(25-18(3)21-6-4-13-31-21)24-15-19-7-9-20(10-8-19)28(29)30/h7-10,14,18,21H,4-6,11-13,15H2,1-3H3,(H2,23,24,25). The zero-order valence-corrected chi connectivity index (χ0v) is 18.5. The van der Waals surface area contributed by atoms with Crippen molar-refractivity contribution in [1.29, 1.82) is 0 Å². The van der Waals surface area contributed by atoms with Crippen molar-refractivity contribution in [2.24, 2.45) is 4.99 Å². The quantitative estimate of drug-likeness (QED) is 0.209. The Labute approximate surface area is 183 Å². The first-order chi connectivity index (χ1) is 14.9. The highest BCUT2D eigenvalue weighted by Gasteiger charge is 2.23. The fourth-order valence-electron chi connectivity index (χ4n) is 3.69. The van der Waals surface area contributed by atoms with Crippen molar-refractivity contribution < 1.29 is 9.66 Å². The number of nitro benzene ring substituents is 1. The first-order valence-corrected chi connectivity index (χ1v) is 10.8. The Kier molecular flexibility index (Phi) is 8.00. The molecule has 9 nitrogen and oxygen atoms in total. The van der Waals surface area contributed by atoms with E-state index in [-0.39, 0.29) is 17.8 Å². The third-order valence-electron chi connectivity index (χ3n) is 5.40. The van der Waals surface area contributed by atoms with Crippen LogP contribution >= 0.6 is 0 Å². The third kappa shape index (κ3) is 6.78. The lowest BCUT2D eigenvalue weighted by molar-refractivity contribution is -0.384. The number of aromatic nitrogens is 2. The lowest BCUT2D eigenvalue weighted by atomic mass is 10.1. The molecule has 0 aliphatic carbocycles. The monoisotopic (exact) mass is 428 g/mol. The molecule has 168 valence electrons. The molecule has 3 rings (SSSR count). The van der Waals surface area contributed by atoms with Crippen LogP contribution in [0.5, 0.6) is 0 Å². The summed E-state index contributed by atoms with van der Waals surface area (Å²) >= 11 is 0. The number of hydrogen-bond donors (Lipinski definition) is 2. The highest BCUT2D eigenvalue weighted by atomic mass is 16.6. The van der Waals surface area contributed by atoms with Crippen LogP contribution in [0.4, 0.5) is 5.69 Å². The van der Waals surface area contributed by atoms with Crippen molar-refractivity contribution in [2.45, 2.75) is 65.3 Å². The van der Waals surface area contributed by atoms with Crippen LogP contribution in [0.2, 0.25) is 0 Å². The molecule has 2 unspecified atom stereocenters. The molecule has 1 aliphatic rings. The van der Waals surface area contributed by atoms with Gasteiger partial charge in [-0.05, 0) is 51.7 Å². The van der Waals surface area contributed by atoms with Crippen molar-refractivity contribution in [1.82, 2.24) is 20.4 Å². The molecule has 2 aromatic rings. The van der Waals surface area contributed by atoms with Crippen molar-refractivity contribution >= 4 is 11.6 Å². The molecule has 0 spiro atoms. The van der Waals surface area contributed by atoms with Gasteiger partial charge in [0.1, 0.15) is 0 Å². The number of ether oxygens (including phenoxy) is 1. The number of nitrogens with zero attached hydrogens (tertiary/aromatic N) is 4. The molecule has 0 amide bonds. The van der Waals surface area contributed by atoms with E-state index in [1.807, 2.05) is 11.6 Å². The van der Waals surface area contributed by atoms with E-state index in [0.717, 1.165) is 61.9 Å². The Morgan fingerprint density at radius 1 is 1.39 bits per heavy atom. The zero-order valence-electron chi connectivity index (χ0n) is 18.5. The van der Waals surface area contributed by atoms with Crippen molar-refractivity contribution in [3.63, 3.8) is 0 Å². The Hall–Kier alpha value is -2.94. The van der Waals surface area contributed by atoms with Gasteiger partial charge in [-0.3, -0.25) is 14.8 Å². The Morgan fingerprint density at radius 3 is 2.77 bits per heavy atom. The lowest BCUT2D eigenvalue weighted by Crippen LogP contribution is -2.47. The van der Waals surface area contributed by atoms with Gasteiger partial charge in [0.2, 0.25) is 0 Å². The normalized spacial score (nSPS) is 17.5. The smallest absolute Gasteiger partial charge is 0.269 e. The van der Waals surface area contributed by atoms with Gasteiger partial charge < -0.3 is 15.4 Å². The summed E-state index contributed by atoms with van der Waals surface area (Å²) in [5, 5.41) is 22.2. The summed E-state index contributed by atoms with van der Waals surface area (Å²) in [7, 11) is 0. The molecule has 0 radical (unpaired) electrons. The maximum absolute atomic E-state index is 10.8. The number of benzene rings is 1. The summed E-state index contributed by atoms with van der Waals surface area (Å²) in [6.45, 7) is 9.00. The number of guanidine groups is 1. The van der Waals surface area contributed by atoms with E-state index in [1.165, 1.54) is 12.1 Å². The highest BCUT2D eigenvalue weighted by Crippen LogP contribution is 2.16. The fourth-order valence-corrected chi connectivity index (χ4v) is 3.69. The average Bonchev–Trinajstić information content (AvgIpc) is 3.39. The van der Waals surface area contributed by atoms with E-state index in [9.17, 15) is 10.1 Å². The molecule has 0 bridgehead atoms. The molecular formula is C22H32N6O3. The predicted octanol–water partition coefficient (Wildman–Crippen LogP) is 3.10. The topological polar surface area (TPSA) is 107 Å². The molecule has 0 saturated carbocycles. The van der Waals surface area contributed by atoms with Gasteiger partial charge in [0.05, 0.1) is 29.3 Å². The van der Waals surface area contributed by atoms with E-state index in [2.05, 4.69) is 35.6 Å². The van der Waals surface area contributed by atoms with Crippen molar-refractivity contribution in [3.8, 4) is 0 Å². The Morgan fingerprint density at radius 2 is 2.16 bits per heavy atom. The minimum absolute atomic E-state index is 0.0837. The minimum Gasteiger partial charge on any atom is -0.376 e. The summed E-state index contributed by atoms with van der Waals surface area (Å²) < 4.78 is 7.81. The summed E-state index contributed by atoms with van der Waals surface area (Å²) in [6, 6.07) is 8.72. The largest absolute Gasteiger partial charge is 0.376 e. The van der Waals surface area contributed by atoms with Gasteiger partial charge in [0.15, 0.2) is 5.96 Å². The third-order valence-corrected chi connectivity index (χ3v) is 5.40. The van der Waals surface area contributed by atoms with Gasteiger partial charge in [-0.15, -0.1) is 0 Å². The second kappa shape index (κ2) is 10.9. The number of nitrogens with one attached hydrogen (secondary N) is 2. The van der Waals surface area contributed by atoms with Crippen LogP contribution in [0, 0.1) is 24.0 Å². The van der Waals surface area contributed by atoms with Gasteiger partial charge in [-0.1, -0.05) is 12.1 Å². The van der Waals surface area contributed by atoms with Crippen LogP contribution in [0.15, 0.2) is 35.3 Å². The van der Waals surface area contributed by atoms with Crippen LogP contribution in [0.1, 0.15) is 43.1 Å². The number of aryl methyl sites for hydroxylation is 3. The molecule has 2 heterocycles. The number of aliphatic imine (C=N–C) groups is 1. The first kappa shape index (κ1) is 22.7. The number of hydrogen-bond acceptors (Lipinski definition) is 5. The van der Waals surface area contributed by atoms with Crippen LogP contribution in [-0.2, 0) is 17.8 Å². The van der Waals surface area contributed by atoms with Crippen LogP contribution < -0.4 is 10.6 Å². The van der Waals surface area contributed by atoms with Crippen molar-refractivity contribution in [3.05, 3.63) is 57.4 Å². The summed E-state index contributed by atoms with van der Waals surface area (Å²) in [6.07, 6.45) is 3.22. The summed E-state index contributed by atoms with van der Waals surface area (Å²) in [5.41, 5.74) is 3.19. The maximum atomic E-state index is 10.8. The van der Waals surface area contributed by atoms with Gasteiger partial charge in [-0.25, -0.2) is 4.99 Å². The van der Waals surface area contributed by atoms with E-state index >= 15 is 0 Å². The SMILES string of the molecule is Cc1cc(C)n(CCCNC(=NCc2ccc([N+](=O)[O-])cc2)NC(C)C2CCCO2)n1. The van der Waals surface area contributed by atoms with Gasteiger partial charge in [0.25, 0.3) is 5.69 Å². The van der Waals surface area contributed by atoms with Crippen molar-refractivity contribution in [2.75, 3.05) is 13.2 Å². The van der Waals surface area contributed by atoms with E-state index in [1.54, 1.807) is 12.1 Å². The van der Waals surface area contributed by atoms with Crippen LogP contribution in [-0.4, -0.2) is 46.0 Å². The number of rotatable bonds is 9. The zero-order chi connectivity index (χ0) is 22.2. The molecule has 1 fully saturated rings. The fraction of sp³-hybridized carbons (Fsp3) is 0.545. The van der Waals surface area contributed by atoms with E-state index < -0.39 is 4.92 Å². The molecule has 1 saturated heterocycles. The lowest BCUT2D eigenvalue weighted by Gasteiger charge is -2.23. The first-order valence-electron chi connectivity index (χ1n) is 10.8. The summed E-state index contributed by atoms with van der Waals surface area (Å²) in [5.74, 6) is 0.717. The molecule has 31 heavy (non-hydrogen) atoms. The second-order valence-electron chi connectivity index (χ2n) is 8.00. The molecule has 9 heteroatoms. The summed E-state index contributed by atoms with van der Waals surface area (Å²) in [4.78, 5) is 15.1. The van der Waals surface area contributed by atoms with Gasteiger partial charge in [0, 0.05) is 37.5 Å². The highest BCUT2D eigenvalue weighted by molar-refractivity contribution is 5.80.